The first-order chi connectivity index (χ1) is 15.9. The number of anilines is 2. The summed E-state index contributed by atoms with van der Waals surface area (Å²) in [6.07, 6.45) is 0.870. The summed E-state index contributed by atoms with van der Waals surface area (Å²) in [4.78, 5) is 28.0. The normalized spacial score (nSPS) is 13.6. The van der Waals surface area contributed by atoms with Crippen molar-refractivity contribution in [2.75, 3.05) is 16.8 Å². The Balaban J connectivity index is 1.80. The number of ether oxygens (including phenoxy) is 1. The molecule has 1 aliphatic rings. The highest BCUT2D eigenvalue weighted by Gasteiger charge is 2.40. The zero-order chi connectivity index (χ0) is 23.5. The number of aryl methyl sites for hydroxylation is 2. The van der Waals surface area contributed by atoms with Gasteiger partial charge in [0.2, 0.25) is 0 Å². The highest BCUT2D eigenvalue weighted by atomic mass is 19.1. The third-order valence-electron chi connectivity index (χ3n) is 5.38. The quantitative estimate of drug-likeness (QED) is 0.480. The third-order valence-corrected chi connectivity index (χ3v) is 5.38. The molecule has 0 saturated heterocycles. The minimum atomic E-state index is -0.541. The molecule has 3 aromatic rings. The molecule has 0 atom stereocenters. The van der Waals surface area contributed by atoms with E-state index in [-0.39, 0.29) is 17.0 Å². The molecule has 4 rings (SSSR count). The van der Waals surface area contributed by atoms with Crippen LogP contribution in [0.15, 0.2) is 72.4 Å². The summed E-state index contributed by atoms with van der Waals surface area (Å²) >= 11 is 0. The molecule has 1 aliphatic heterocycles. The smallest absolute Gasteiger partial charge is 0.282 e. The molecular weight excluding hydrogens is 419 g/mol. The lowest BCUT2D eigenvalue weighted by Gasteiger charge is -2.15. The largest absolute Gasteiger partial charge is 0.494 e. The SMILES string of the molecule is CCCOc1cccc(NC2=C(c3ccc(C)cc3C)C(=O)N(c3cccc(F)c3)C2=O)c1. The van der Waals surface area contributed by atoms with Gasteiger partial charge in [0.05, 0.1) is 17.9 Å². The Labute approximate surface area is 192 Å². The van der Waals surface area contributed by atoms with Crippen molar-refractivity contribution in [3.63, 3.8) is 0 Å². The van der Waals surface area contributed by atoms with Gasteiger partial charge in [0, 0.05) is 11.8 Å². The monoisotopic (exact) mass is 444 g/mol. The second-order valence-electron chi connectivity index (χ2n) is 8.00. The molecule has 0 bridgehead atoms. The summed E-state index contributed by atoms with van der Waals surface area (Å²) in [6.45, 7) is 6.46. The van der Waals surface area contributed by atoms with Gasteiger partial charge in [-0.1, -0.05) is 42.8 Å². The Bertz CT molecular complexity index is 1270. The first-order valence-electron chi connectivity index (χ1n) is 10.8. The van der Waals surface area contributed by atoms with Gasteiger partial charge in [-0.2, -0.15) is 0 Å². The number of carbonyl (C=O) groups excluding carboxylic acids is 2. The number of amides is 2. The summed E-state index contributed by atoms with van der Waals surface area (Å²) in [6, 6.07) is 18.4. The first-order valence-corrected chi connectivity index (χ1v) is 10.8. The Morgan fingerprint density at radius 3 is 2.45 bits per heavy atom. The second kappa shape index (κ2) is 9.28. The molecule has 0 saturated carbocycles. The fourth-order valence-corrected chi connectivity index (χ4v) is 3.87. The second-order valence-corrected chi connectivity index (χ2v) is 8.00. The molecule has 1 N–H and O–H groups in total. The Kier molecular flexibility index (Phi) is 6.27. The zero-order valence-corrected chi connectivity index (χ0v) is 18.8. The zero-order valence-electron chi connectivity index (χ0n) is 18.8. The van der Waals surface area contributed by atoms with E-state index in [9.17, 15) is 14.0 Å². The summed E-state index contributed by atoms with van der Waals surface area (Å²) in [5.74, 6) is -0.906. The first kappa shape index (κ1) is 22.3. The molecular formula is C27H25FN2O3. The van der Waals surface area contributed by atoms with E-state index in [0.717, 1.165) is 22.4 Å². The standard InChI is InChI=1S/C27H25FN2O3/c1-4-13-33-22-10-6-8-20(16-22)29-25-24(23-12-11-17(2)14-18(23)3)26(31)30(27(25)32)21-9-5-7-19(28)15-21/h5-12,14-16,29H,4,13H2,1-3H3. The van der Waals surface area contributed by atoms with Gasteiger partial charge in [0.15, 0.2) is 0 Å². The molecule has 5 nitrogen and oxygen atoms in total. The molecule has 1 heterocycles. The average molecular weight is 445 g/mol. The average Bonchev–Trinajstić information content (AvgIpc) is 3.02. The van der Waals surface area contributed by atoms with Gasteiger partial charge in [-0.25, -0.2) is 9.29 Å². The number of imide groups is 1. The molecule has 0 unspecified atom stereocenters. The van der Waals surface area contributed by atoms with Crippen LogP contribution in [0.3, 0.4) is 0 Å². The van der Waals surface area contributed by atoms with Crippen molar-refractivity contribution < 1.29 is 18.7 Å². The number of nitrogens with one attached hydrogen (secondary N) is 1. The van der Waals surface area contributed by atoms with Crippen molar-refractivity contribution in [1.29, 1.82) is 0 Å². The number of rotatable bonds is 7. The molecule has 0 aromatic heterocycles. The number of benzene rings is 3. The van der Waals surface area contributed by atoms with Crippen LogP contribution in [0.5, 0.6) is 5.75 Å². The molecule has 168 valence electrons. The summed E-state index contributed by atoms with van der Waals surface area (Å²) in [7, 11) is 0. The van der Waals surface area contributed by atoms with Gasteiger partial charge in [-0.15, -0.1) is 0 Å². The van der Waals surface area contributed by atoms with E-state index in [1.165, 1.54) is 18.2 Å². The highest BCUT2D eigenvalue weighted by Crippen LogP contribution is 2.35. The fraction of sp³-hybridized carbons (Fsp3) is 0.185. The van der Waals surface area contributed by atoms with E-state index in [4.69, 9.17) is 4.74 Å². The lowest BCUT2D eigenvalue weighted by Crippen LogP contribution is -2.32. The molecule has 6 heteroatoms. The Morgan fingerprint density at radius 2 is 1.73 bits per heavy atom. The maximum absolute atomic E-state index is 13.9. The maximum atomic E-state index is 13.9. The van der Waals surface area contributed by atoms with Gasteiger partial charge >= 0.3 is 0 Å². The summed E-state index contributed by atoms with van der Waals surface area (Å²) in [5, 5.41) is 3.14. The van der Waals surface area contributed by atoms with Crippen LogP contribution >= 0.6 is 0 Å². The number of halogens is 1. The van der Waals surface area contributed by atoms with Crippen LogP contribution < -0.4 is 15.0 Å². The predicted octanol–water partition coefficient (Wildman–Crippen LogP) is 5.63. The van der Waals surface area contributed by atoms with E-state index in [1.54, 1.807) is 18.2 Å². The lowest BCUT2D eigenvalue weighted by molar-refractivity contribution is -0.120. The molecule has 0 spiro atoms. The van der Waals surface area contributed by atoms with Crippen LogP contribution in [0, 0.1) is 19.7 Å². The van der Waals surface area contributed by atoms with Gasteiger partial charge in [-0.3, -0.25) is 9.59 Å². The van der Waals surface area contributed by atoms with Crippen molar-refractivity contribution >= 4 is 28.8 Å². The van der Waals surface area contributed by atoms with Gasteiger partial charge in [0.1, 0.15) is 17.3 Å². The summed E-state index contributed by atoms with van der Waals surface area (Å²) < 4.78 is 19.6. The minimum Gasteiger partial charge on any atom is -0.494 e. The van der Waals surface area contributed by atoms with Gasteiger partial charge in [-0.05, 0) is 61.7 Å². The van der Waals surface area contributed by atoms with E-state index in [0.29, 0.717) is 23.6 Å². The number of nitrogens with zero attached hydrogens (tertiary/aromatic N) is 1. The van der Waals surface area contributed by atoms with Crippen molar-refractivity contribution in [2.24, 2.45) is 0 Å². The Morgan fingerprint density at radius 1 is 0.939 bits per heavy atom. The van der Waals surface area contributed by atoms with Crippen LogP contribution in [0.25, 0.3) is 5.57 Å². The van der Waals surface area contributed by atoms with E-state index in [2.05, 4.69) is 5.32 Å². The molecule has 0 aliphatic carbocycles. The minimum absolute atomic E-state index is 0.142. The van der Waals surface area contributed by atoms with Crippen LogP contribution in [-0.4, -0.2) is 18.4 Å². The topological polar surface area (TPSA) is 58.6 Å². The Hall–Kier alpha value is -3.93. The van der Waals surface area contributed by atoms with Crippen molar-refractivity contribution in [1.82, 2.24) is 0 Å². The third kappa shape index (κ3) is 4.51. The molecule has 3 aromatic carbocycles. The van der Waals surface area contributed by atoms with Crippen LogP contribution in [0.2, 0.25) is 0 Å². The van der Waals surface area contributed by atoms with E-state index < -0.39 is 17.6 Å². The van der Waals surface area contributed by atoms with Crippen LogP contribution in [0.4, 0.5) is 15.8 Å². The number of hydrogen-bond acceptors (Lipinski definition) is 4. The van der Waals surface area contributed by atoms with Gasteiger partial charge in [0.25, 0.3) is 11.8 Å². The fourth-order valence-electron chi connectivity index (χ4n) is 3.87. The predicted molar refractivity (Wildman–Crippen MR) is 128 cm³/mol. The summed E-state index contributed by atoms with van der Waals surface area (Å²) in [5.41, 5.74) is 3.76. The lowest BCUT2D eigenvalue weighted by atomic mass is 9.97. The van der Waals surface area contributed by atoms with Crippen molar-refractivity contribution in [3.05, 3.63) is 94.9 Å². The number of hydrogen-bond donors (Lipinski definition) is 1. The maximum Gasteiger partial charge on any atom is 0.282 e. The van der Waals surface area contributed by atoms with Crippen LogP contribution in [0.1, 0.15) is 30.0 Å². The molecule has 33 heavy (non-hydrogen) atoms. The van der Waals surface area contributed by atoms with E-state index >= 15 is 0 Å². The van der Waals surface area contributed by atoms with Crippen LogP contribution in [-0.2, 0) is 9.59 Å². The number of carbonyl (C=O) groups is 2. The van der Waals surface area contributed by atoms with Gasteiger partial charge < -0.3 is 10.1 Å². The van der Waals surface area contributed by atoms with Crippen molar-refractivity contribution in [2.45, 2.75) is 27.2 Å². The van der Waals surface area contributed by atoms with Crippen molar-refractivity contribution in [3.8, 4) is 5.75 Å². The highest BCUT2D eigenvalue weighted by molar-refractivity contribution is 6.46. The molecule has 0 fully saturated rings. The molecule has 0 radical (unpaired) electrons. The van der Waals surface area contributed by atoms with E-state index in [1.807, 2.05) is 51.1 Å². The molecule has 2 amide bonds.